The molecule has 17 heavy (non-hydrogen) atoms. The van der Waals surface area contributed by atoms with Gasteiger partial charge in [0.1, 0.15) is 6.10 Å². The van der Waals surface area contributed by atoms with Crippen molar-refractivity contribution in [1.82, 2.24) is 5.32 Å². The fourth-order valence-electron chi connectivity index (χ4n) is 2.23. The number of ether oxygens (including phenoxy) is 1. The molecule has 5 nitrogen and oxygen atoms in total. The third kappa shape index (κ3) is 2.77. The third-order valence-corrected chi connectivity index (χ3v) is 3.93. The van der Waals surface area contributed by atoms with Crippen LogP contribution in [-0.2, 0) is 14.3 Å². The highest BCUT2D eigenvalue weighted by atomic mass is 16.5. The Morgan fingerprint density at radius 1 is 1.35 bits per heavy atom. The highest BCUT2D eigenvalue weighted by molar-refractivity contribution is 5.82. The van der Waals surface area contributed by atoms with Crippen LogP contribution in [0, 0.1) is 5.41 Å². The van der Waals surface area contributed by atoms with E-state index in [0.717, 1.165) is 6.42 Å². The van der Waals surface area contributed by atoms with Gasteiger partial charge in [0.25, 0.3) is 0 Å². The maximum absolute atomic E-state index is 11.8. The van der Waals surface area contributed by atoms with E-state index in [9.17, 15) is 9.59 Å². The zero-order valence-corrected chi connectivity index (χ0v) is 10.1. The molecule has 2 unspecified atom stereocenters. The molecule has 2 rings (SSSR count). The number of aliphatic carboxylic acids is 1. The molecular weight excluding hydrogens is 222 g/mol. The molecule has 2 aliphatic rings. The van der Waals surface area contributed by atoms with Crippen molar-refractivity contribution in [2.75, 3.05) is 6.54 Å². The lowest BCUT2D eigenvalue weighted by atomic mass is 10.0. The Hall–Kier alpha value is -1.10. The minimum Gasteiger partial charge on any atom is -0.479 e. The van der Waals surface area contributed by atoms with Crippen molar-refractivity contribution >= 4 is 11.9 Å². The summed E-state index contributed by atoms with van der Waals surface area (Å²) in [7, 11) is 0. The highest BCUT2D eigenvalue weighted by Gasteiger charge is 2.42. The average molecular weight is 241 g/mol. The van der Waals surface area contributed by atoms with E-state index >= 15 is 0 Å². The van der Waals surface area contributed by atoms with E-state index in [0.29, 0.717) is 24.8 Å². The highest BCUT2D eigenvalue weighted by Crippen LogP contribution is 2.47. The summed E-state index contributed by atoms with van der Waals surface area (Å²) in [6.45, 7) is 2.83. The molecule has 2 fully saturated rings. The Kier molecular flexibility index (Phi) is 3.38. The summed E-state index contributed by atoms with van der Waals surface area (Å²) in [5, 5.41) is 11.6. The van der Waals surface area contributed by atoms with Crippen molar-refractivity contribution in [1.29, 1.82) is 0 Å². The smallest absolute Gasteiger partial charge is 0.332 e. The number of carboxylic acids is 1. The molecule has 2 atom stereocenters. The summed E-state index contributed by atoms with van der Waals surface area (Å²) in [5.41, 5.74) is 0.306. The molecule has 5 heteroatoms. The second-order valence-electron chi connectivity index (χ2n) is 5.10. The summed E-state index contributed by atoms with van der Waals surface area (Å²) in [6.07, 6.45) is 2.96. The van der Waals surface area contributed by atoms with Crippen LogP contribution in [0.15, 0.2) is 0 Å². The van der Waals surface area contributed by atoms with Gasteiger partial charge >= 0.3 is 5.97 Å². The van der Waals surface area contributed by atoms with Gasteiger partial charge in [0, 0.05) is 6.54 Å². The number of amides is 1. The van der Waals surface area contributed by atoms with Gasteiger partial charge in [-0.1, -0.05) is 6.92 Å². The van der Waals surface area contributed by atoms with E-state index in [1.807, 2.05) is 0 Å². The van der Waals surface area contributed by atoms with Gasteiger partial charge in [-0.05, 0) is 37.5 Å². The monoisotopic (exact) mass is 241 g/mol. The lowest BCUT2D eigenvalue weighted by Gasteiger charge is -2.16. The minimum atomic E-state index is -0.979. The van der Waals surface area contributed by atoms with Crippen molar-refractivity contribution < 1.29 is 19.4 Å². The molecule has 2 N–H and O–H groups in total. The van der Waals surface area contributed by atoms with E-state index in [4.69, 9.17) is 9.84 Å². The lowest BCUT2D eigenvalue weighted by Crippen LogP contribution is -2.38. The molecule has 1 aliphatic heterocycles. The Bertz CT molecular complexity index is 324. The fraction of sp³-hybridized carbons (Fsp3) is 0.833. The SMILES string of the molecule is CCC1(CNC(=O)C2CCC(C(=O)O)O2)CC1. The van der Waals surface area contributed by atoms with Crippen LogP contribution in [0.5, 0.6) is 0 Å². The van der Waals surface area contributed by atoms with E-state index < -0.39 is 18.2 Å². The number of hydrogen-bond acceptors (Lipinski definition) is 3. The van der Waals surface area contributed by atoms with E-state index in [-0.39, 0.29) is 5.91 Å². The number of nitrogens with one attached hydrogen (secondary N) is 1. The third-order valence-electron chi connectivity index (χ3n) is 3.93. The molecule has 0 radical (unpaired) electrons. The molecule has 0 bridgehead atoms. The lowest BCUT2D eigenvalue weighted by molar-refractivity contribution is -0.151. The minimum absolute atomic E-state index is 0.159. The summed E-state index contributed by atoms with van der Waals surface area (Å²) >= 11 is 0. The zero-order valence-electron chi connectivity index (χ0n) is 10.1. The van der Waals surface area contributed by atoms with Gasteiger partial charge in [-0.3, -0.25) is 4.79 Å². The van der Waals surface area contributed by atoms with Gasteiger partial charge in [-0.2, -0.15) is 0 Å². The second kappa shape index (κ2) is 4.64. The first-order chi connectivity index (χ1) is 8.06. The standard InChI is InChI=1S/C12H19NO4/c1-2-12(5-6-12)7-13-10(14)8-3-4-9(17-8)11(15)16/h8-9H,2-7H2,1H3,(H,13,14)(H,15,16). The van der Waals surface area contributed by atoms with Crippen LogP contribution in [0.1, 0.15) is 39.0 Å². The predicted molar refractivity (Wildman–Crippen MR) is 60.5 cm³/mol. The van der Waals surface area contributed by atoms with Crippen LogP contribution in [0.2, 0.25) is 0 Å². The quantitative estimate of drug-likeness (QED) is 0.750. The van der Waals surface area contributed by atoms with Gasteiger partial charge in [0.15, 0.2) is 6.10 Å². The summed E-state index contributed by atoms with van der Waals surface area (Å²) in [4.78, 5) is 22.5. The molecule has 1 amide bonds. The molecule has 0 spiro atoms. The molecule has 0 aromatic rings. The van der Waals surface area contributed by atoms with Crippen LogP contribution in [0.3, 0.4) is 0 Å². The van der Waals surface area contributed by atoms with Gasteiger partial charge < -0.3 is 15.2 Å². The molecule has 1 aliphatic carbocycles. The second-order valence-corrected chi connectivity index (χ2v) is 5.10. The van der Waals surface area contributed by atoms with Crippen LogP contribution in [-0.4, -0.2) is 35.7 Å². The van der Waals surface area contributed by atoms with Gasteiger partial charge in [0.2, 0.25) is 5.91 Å². The fourth-order valence-corrected chi connectivity index (χ4v) is 2.23. The van der Waals surface area contributed by atoms with Crippen LogP contribution in [0.4, 0.5) is 0 Å². The van der Waals surface area contributed by atoms with Gasteiger partial charge in [-0.15, -0.1) is 0 Å². The van der Waals surface area contributed by atoms with Crippen molar-refractivity contribution in [2.45, 2.75) is 51.2 Å². The first-order valence-corrected chi connectivity index (χ1v) is 6.22. The van der Waals surface area contributed by atoms with Crippen molar-refractivity contribution in [3.8, 4) is 0 Å². The Morgan fingerprint density at radius 3 is 2.47 bits per heavy atom. The maximum Gasteiger partial charge on any atom is 0.332 e. The Balaban J connectivity index is 1.76. The molecule has 1 saturated heterocycles. The van der Waals surface area contributed by atoms with Crippen molar-refractivity contribution in [3.05, 3.63) is 0 Å². The molecule has 0 aromatic carbocycles. The topological polar surface area (TPSA) is 75.6 Å². The normalized spacial score (nSPS) is 29.9. The number of carbonyl (C=O) groups excluding carboxylic acids is 1. The molecule has 0 aromatic heterocycles. The number of carbonyl (C=O) groups is 2. The van der Waals surface area contributed by atoms with Crippen LogP contribution >= 0.6 is 0 Å². The Morgan fingerprint density at radius 2 is 2.00 bits per heavy atom. The maximum atomic E-state index is 11.8. The largest absolute Gasteiger partial charge is 0.479 e. The van der Waals surface area contributed by atoms with Crippen LogP contribution in [0.25, 0.3) is 0 Å². The van der Waals surface area contributed by atoms with E-state index in [2.05, 4.69) is 12.2 Å². The van der Waals surface area contributed by atoms with Crippen LogP contribution < -0.4 is 5.32 Å². The number of carboxylic acid groups (broad SMARTS) is 1. The van der Waals surface area contributed by atoms with E-state index in [1.54, 1.807) is 0 Å². The summed E-state index contributed by atoms with van der Waals surface area (Å²) < 4.78 is 5.19. The first-order valence-electron chi connectivity index (χ1n) is 6.22. The van der Waals surface area contributed by atoms with E-state index in [1.165, 1.54) is 12.8 Å². The molecule has 96 valence electrons. The van der Waals surface area contributed by atoms with Gasteiger partial charge in [0.05, 0.1) is 0 Å². The van der Waals surface area contributed by atoms with Crippen molar-refractivity contribution in [2.24, 2.45) is 5.41 Å². The molecular formula is C12H19NO4. The number of rotatable bonds is 5. The molecule has 1 saturated carbocycles. The predicted octanol–water partition coefficient (Wildman–Crippen LogP) is 0.925. The van der Waals surface area contributed by atoms with Crippen molar-refractivity contribution in [3.63, 3.8) is 0 Å². The number of hydrogen-bond donors (Lipinski definition) is 2. The molecule has 1 heterocycles. The summed E-state index contributed by atoms with van der Waals surface area (Å²) in [5.74, 6) is -1.14. The average Bonchev–Trinajstić information content (AvgIpc) is 2.92. The first kappa shape index (κ1) is 12.4. The van der Waals surface area contributed by atoms with Gasteiger partial charge in [-0.25, -0.2) is 4.79 Å². The Labute approximate surface area is 101 Å². The zero-order chi connectivity index (χ0) is 12.5. The summed E-state index contributed by atoms with van der Waals surface area (Å²) in [6, 6.07) is 0.